The van der Waals surface area contributed by atoms with Crippen molar-refractivity contribution in [1.82, 2.24) is 9.78 Å². The normalized spacial score (nSPS) is 12.2. The standard InChI is InChI=1S/C5H8N2O2S.Na/c1-7-3-2-5(6-7)4-10(8)9;/h2-3H,4H2,1H3,(H,8,9);/q;+1/p-1. The van der Waals surface area contributed by atoms with Crippen molar-refractivity contribution < 1.29 is 38.3 Å². The minimum Gasteiger partial charge on any atom is -0.772 e. The molecule has 0 fully saturated rings. The molecule has 0 bridgehead atoms. The first-order valence-corrected chi connectivity index (χ1v) is 3.97. The summed E-state index contributed by atoms with van der Waals surface area (Å²) in [6, 6.07) is 1.68. The molecule has 0 aliphatic heterocycles. The minimum atomic E-state index is -2.03. The number of nitrogens with zero attached hydrogens (tertiary/aromatic N) is 2. The molecule has 0 N–H and O–H groups in total. The summed E-state index contributed by atoms with van der Waals surface area (Å²) < 4.78 is 21.8. The molecule has 0 amide bonds. The van der Waals surface area contributed by atoms with Crippen LogP contribution in [0, 0.1) is 0 Å². The maximum atomic E-state index is 10.1. The molecule has 0 aliphatic rings. The fraction of sp³-hybridized carbons (Fsp3) is 0.400. The molecule has 1 rings (SSSR count). The monoisotopic (exact) mass is 182 g/mol. The van der Waals surface area contributed by atoms with Crippen molar-refractivity contribution in [2.45, 2.75) is 5.75 Å². The van der Waals surface area contributed by atoms with Crippen LogP contribution in [0.5, 0.6) is 0 Å². The van der Waals surface area contributed by atoms with E-state index in [9.17, 15) is 8.76 Å². The van der Waals surface area contributed by atoms with Crippen LogP contribution in [0.25, 0.3) is 0 Å². The van der Waals surface area contributed by atoms with E-state index in [0.29, 0.717) is 5.69 Å². The number of aromatic nitrogens is 2. The molecule has 0 aliphatic carbocycles. The summed E-state index contributed by atoms with van der Waals surface area (Å²) in [7, 11) is 1.75. The molecule has 0 aromatic carbocycles. The van der Waals surface area contributed by atoms with Gasteiger partial charge in [0.1, 0.15) is 0 Å². The Kier molecular flexibility index (Phi) is 5.20. The second kappa shape index (κ2) is 5.05. The molecule has 56 valence electrons. The zero-order chi connectivity index (χ0) is 7.56. The van der Waals surface area contributed by atoms with Gasteiger partial charge >= 0.3 is 29.6 Å². The SMILES string of the molecule is Cn1ccc(CS(=O)[O-])n1.[Na+]. The van der Waals surface area contributed by atoms with Gasteiger partial charge in [-0.1, -0.05) is 0 Å². The van der Waals surface area contributed by atoms with Crippen LogP contribution in [0.2, 0.25) is 0 Å². The Morgan fingerprint density at radius 1 is 1.82 bits per heavy atom. The van der Waals surface area contributed by atoms with E-state index in [1.54, 1.807) is 24.0 Å². The van der Waals surface area contributed by atoms with Crippen molar-refractivity contribution in [3.05, 3.63) is 18.0 Å². The topological polar surface area (TPSA) is 58.0 Å². The van der Waals surface area contributed by atoms with Crippen molar-refractivity contribution in [2.24, 2.45) is 7.05 Å². The third-order valence-electron chi connectivity index (χ3n) is 1.03. The summed E-state index contributed by atoms with van der Waals surface area (Å²) >= 11 is -2.03. The number of aryl methyl sites for hydroxylation is 1. The van der Waals surface area contributed by atoms with Gasteiger partial charge in [-0.2, -0.15) is 5.10 Å². The summed E-state index contributed by atoms with van der Waals surface area (Å²) in [5, 5.41) is 3.87. The van der Waals surface area contributed by atoms with Gasteiger partial charge in [0.05, 0.1) is 11.4 Å². The third-order valence-corrected chi connectivity index (χ3v) is 1.57. The van der Waals surface area contributed by atoms with Gasteiger partial charge in [0, 0.05) is 13.2 Å². The molecule has 1 atom stereocenters. The van der Waals surface area contributed by atoms with Crippen LogP contribution in [-0.4, -0.2) is 18.5 Å². The number of hydrogen-bond donors (Lipinski definition) is 0. The van der Waals surface area contributed by atoms with E-state index in [2.05, 4.69) is 5.10 Å². The predicted molar refractivity (Wildman–Crippen MR) is 35.8 cm³/mol. The van der Waals surface area contributed by atoms with Crippen LogP contribution < -0.4 is 29.6 Å². The first-order chi connectivity index (χ1) is 4.68. The largest absolute Gasteiger partial charge is 1.00 e. The van der Waals surface area contributed by atoms with Gasteiger partial charge < -0.3 is 4.55 Å². The summed E-state index contributed by atoms with van der Waals surface area (Å²) in [6.07, 6.45) is 1.71. The van der Waals surface area contributed by atoms with Crippen LogP contribution >= 0.6 is 0 Å². The molecule has 1 aromatic rings. The van der Waals surface area contributed by atoms with Crippen molar-refractivity contribution in [3.63, 3.8) is 0 Å². The van der Waals surface area contributed by atoms with E-state index < -0.39 is 11.1 Å². The van der Waals surface area contributed by atoms with Crippen molar-refractivity contribution in [1.29, 1.82) is 0 Å². The first kappa shape index (κ1) is 11.3. The second-order valence-corrected chi connectivity index (χ2v) is 2.82. The van der Waals surface area contributed by atoms with Crippen LogP contribution in [0.15, 0.2) is 12.3 Å². The van der Waals surface area contributed by atoms with E-state index in [0.717, 1.165) is 0 Å². The maximum Gasteiger partial charge on any atom is 1.00 e. The van der Waals surface area contributed by atoms with Gasteiger partial charge in [0.2, 0.25) is 0 Å². The number of rotatable bonds is 2. The van der Waals surface area contributed by atoms with Crippen molar-refractivity contribution in [2.75, 3.05) is 0 Å². The van der Waals surface area contributed by atoms with E-state index in [-0.39, 0.29) is 35.3 Å². The van der Waals surface area contributed by atoms with Crippen LogP contribution in [0.3, 0.4) is 0 Å². The summed E-state index contributed by atoms with van der Waals surface area (Å²) in [5.41, 5.74) is 0.579. The van der Waals surface area contributed by atoms with Crippen molar-refractivity contribution >= 4 is 11.1 Å². The Bertz CT molecular complexity index is 250. The van der Waals surface area contributed by atoms with Crippen LogP contribution in [0.1, 0.15) is 5.69 Å². The van der Waals surface area contributed by atoms with E-state index >= 15 is 0 Å². The average molecular weight is 182 g/mol. The smallest absolute Gasteiger partial charge is 0.772 e. The Hall–Kier alpha value is 0.320. The third kappa shape index (κ3) is 4.03. The zero-order valence-electron chi connectivity index (χ0n) is 6.48. The second-order valence-electron chi connectivity index (χ2n) is 1.93. The van der Waals surface area contributed by atoms with Crippen LogP contribution in [-0.2, 0) is 23.9 Å². The first-order valence-electron chi connectivity index (χ1n) is 2.73. The molecule has 1 heterocycles. The molecular weight excluding hydrogens is 175 g/mol. The molecule has 0 spiro atoms. The van der Waals surface area contributed by atoms with Gasteiger partial charge in [-0.15, -0.1) is 0 Å². The molecule has 0 saturated heterocycles. The van der Waals surface area contributed by atoms with E-state index in [4.69, 9.17) is 0 Å². The molecule has 0 saturated carbocycles. The number of hydrogen-bond acceptors (Lipinski definition) is 3. The molecule has 6 heteroatoms. The van der Waals surface area contributed by atoms with Gasteiger partial charge in [0.25, 0.3) is 0 Å². The molecule has 0 radical (unpaired) electrons. The zero-order valence-corrected chi connectivity index (χ0v) is 9.30. The molecule has 4 nitrogen and oxygen atoms in total. The Morgan fingerprint density at radius 3 is 2.82 bits per heavy atom. The fourth-order valence-electron chi connectivity index (χ4n) is 0.661. The molecule has 1 unspecified atom stereocenters. The van der Waals surface area contributed by atoms with Crippen molar-refractivity contribution in [3.8, 4) is 0 Å². The van der Waals surface area contributed by atoms with Gasteiger partial charge in [-0.05, 0) is 17.1 Å². The van der Waals surface area contributed by atoms with Gasteiger partial charge in [-0.25, -0.2) is 0 Å². The summed E-state index contributed by atoms with van der Waals surface area (Å²) in [6.45, 7) is 0. The maximum absolute atomic E-state index is 10.1. The van der Waals surface area contributed by atoms with E-state index in [1.165, 1.54) is 0 Å². The van der Waals surface area contributed by atoms with Gasteiger partial charge in [-0.3, -0.25) is 8.89 Å². The quantitative estimate of drug-likeness (QED) is 0.357. The Morgan fingerprint density at radius 2 is 2.45 bits per heavy atom. The minimum absolute atomic E-state index is 0. The van der Waals surface area contributed by atoms with E-state index in [1.807, 2.05) is 0 Å². The molecule has 11 heavy (non-hydrogen) atoms. The summed E-state index contributed by atoms with van der Waals surface area (Å²) in [4.78, 5) is 0. The predicted octanol–water partition coefficient (Wildman–Crippen LogP) is -3.20. The average Bonchev–Trinajstić information content (AvgIpc) is 2.13. The van der Waals surface area contributed by atoms with Gasteiger partial charge in [0.15, 0.2) is 0 Å². The summed E-state index contributed by atoms with van der Waals surface area (Å²) in [5.74, 6) is 0.000833. The fourth-order valence-corrected chi connectivity index (χ4v) is 1.06. The molecule has 1 aromatic heterocycles. The Labute approximate surface area is 89.6 Å². The Balaban J connectivity index is 0.000001000. The molecular formula is C5H7N2NaO2S. The van der Waals surface area contributed by atoms with Crippen LogP contribution in [0.4, 0.5) is 0 Å².